The van der Waals surface area contributed by atoms with Gasteiger partial charge in [-0.05, 0) is 42.2 Å². The predicted molar refractivity (Wildman–Crippen MR) is 122 cm³/mol. The fourth-order valence-corrected chi connectivity index (χ4v) is 4.76. The van der Waals surface area contributed by atoms with Crippen LogP contribution in [-0.2, 0) is 19.6 Å². The molecule has 1 amide bonds. The smallest absolute Gasteiger partial charge is 0.342 e. The largest absolute Gasteiger partial charge is 0.507 e. The molecular formula is C23H30N2O6S. The van der Waals surface area contributed by atoms with Crippen molar-refractivity contribution >= 4 is 27.6 Å². The minimum Gasteiger partial charge on any atom is -0.507 e. The second kappa shape index (κ2) is 10.6. The number of benzene rings is 2. The van der Waals surface area contributed by atoms with Crippen LogP contribution in [0.15, 0.2) is 41.3 Å². The van der Waals surface area contributed by atoms with Crippen LogP contribution < -0.4 is 5.32 Å². The molecule has 0 radical (unpaired) electrons. The molecule has 0 spiro atoms. The highest BCUT2D eigenvalue weighted by atomic mass is 32.2. The number of rotatable bonds is 9. The second-order valence-electron chi connectivity index (χ2n) is 7.59. The van der Waals surface area contributed by atoms with Crippen molar-refractivity contribution in [2.75, 3.05) is 25.0 Å². The van der Waals surface area contributed by atoms with Gasteiger partial charge in [0.05, 0.1) is 4.90 Å². The first-order chi connectivity index (χ1) is 15.0. The Bertz CT molecular complexity index is 1090. The molecule has 0 atom stereocenters. The zero-order chi connectivity index (χ0) is 24.1. The van der Waals surface area contributed by atoms with E-state index in [0.717, 1.165) is 23.3 Å². The summed E-state index contributed by atoms with van der Waals surface area (Å²) in [4.78, 5) is 24.7. The number of aromatic hydroxyl groups is 1. The number of hydrogen-bond donors (Lipinski definition) is 2. The van der Waals surface area contributed by atoms with E-state index in [4.69, 9.17) is 4.74 Å². The van der Waals surface area contributed by atoms with Crippen LogP contribution in [0.5, 0.6) is 5.75 Å². The van der Waals surface area contributed by atoms with Gasteiger partial charge in [-0.1, -0.05) is 45.9 Å². The summed E-state index contributed by atoms with van der Waals surface area (Å²) in [7, 11) is -3.83. The van der Waals surface area contributed by atoms with Crippen molar-refractivity contribution in [1.82, 2.24) is 4.31 Å². The van der Waals surface area contributed by atoms with Gasteiger partial charge in [0.1, 0.15) is 11.3 Å². The summed E-state index contributed by atoms with van der Waals surface area (Å²) in [5.41, 5.74) is 2.17. The number of amides is 1. The number of esters is 1. The summed E-state index contributed by atoms with van der Waals surface area (Å²) < 4.78 is 31.7. The van der Waals surface area contributed by atoms with Gasteiger partial charge in [-0.3, -0.25) is 4.79 Å². The Morgan fingerprint density at radius 3 is 2.38 bits per heavy atom. The molecule has 0 aliphatic rings. The lowest BCUT2D eigenvalue weighted by atomic mass is 9.98. The van der Waals surface area contributed by atoms with E-state index < -0.39 is 34.3 Å². The number of anilines is 1. The van der Waals surface area contributed by atoms with Crippen LogP contribution in [0.3, 0.4) is 0 Å². The summed E-state index contributed by atoms with van der Waals surface area (Å²) in [5.74, 6) is -1.79. The van der Waals surface area contributed by atoms with E-state index >= 15 is 0 Å². The van der Waals surface area contributed by atoms with Gasteiger partial charge in [0.25, 0.3) is 5.91 Å². The Balaban J connectivity index is 2.17. The molecule has 0 heterocycles. The van der Waals surface area contributed by atoms with Crippen LogP contribution in [0.2, 0.25) is 0 Å². The van der Waals surface area contributed by atoms with Crippen molar-refractivity contribution in [3.8, 4) is 5.75 Å². The molecule has 32 heavy (non-hydrogen) atoms. The summed E-state index contributed by atoms with van der Waals surface area (Å²) in [6.07, 6.45) is 0. The predicted octanol–water partition coefficient (Wildman–Crippen LogP) is 3.65. The summed E-state index contributed by atoms with van der Waals surface area (Å²) in [5, 5.41) is 12.8. The molecule has 2 rings (SSSR count). The van der Waals surface area contributed by atoms with E-state index in [1.165, 1.54) is 10.4 Å². The quantitative estimate of drug-likeness (QED) is 0.550. The Kier molecular flexibility index (Phi) is 8.40. The number of aryl methyl sites for hydroxylation is 1. The molecule has 0 saturated carbocycles. The maximum atomic E-state index is 12.7. The lowest BCUT2D eigenvalue weighted by Crippen LogP contribution is -2.30. The standard InChI is InChI=1S/C23H30N2O6S/c1-6-25(7-2)32(29,30)17-11-12-20(26)19(13-17)23(28)31-14-21(27)24-22-16(5)9-8-10-18(22)15(3)4/h8-13,15,26H,6-7,14H2,1-5H3,(H,24,27). The highest BCUT2D eigenvalue weighted by Crippen LogP contribution is 2.28. The molecule has 0 aliphatic carbocycles. The van der Waals surface area contributed by atoms with Crippen LogP contribution in [0.25, 0.3) is 0 Å². The van der Waals surface area contributed by atoms with Gasteiger partial charge in [0.15, 0.2) is 6.61 Å². The molecule has 0 unspecified atom stereocenters. The van der Waals surface area contributed by atoms with Gasteiger partial charge in [-0.25, -0.2) is 13.2 Å². The van der Waals surface area contributed by atoms with Crippen LogP contribution in [0, 0.1) is 6.92 Å². The van der Waals surface area contributed by atoms with Crippen molar-refractivity contribution in [2.24, 2.45) is 0 Å². The highest BCUT2D eigenvalue weighted by molar-refractivity contribution is 7.89. The summed E-state index contributed by atoms with van der Waals surface area (Å²) >= 11 is 0. The van der Waals surface area contributed by atoms with E-state index in [-0.39, 0.29) is 29.5 Å². The molecule has 2 aromatic rings. The molecule has 8 nitrogen and oxygen atoms in total. The second-order valence-corrected chi connectivity index (χ2v) is 9.52. The van der Waals surface area contributed by atoms with E-state index in [1.807, 2.05) is 39.0 Å². The van der Waals surface area contributed by atoms with Crippen molar-refractivity contribution in [2.45, 2.75) is 45.4 Å². The molecule has 2 N–H and O–H groups in total. The molecule has 9 heteroatoms. The van der Waals surface area contributed by atoms with Crippen LogP contribution in [0.1, 0.15) is 55.1 Å². The number of nitrogens with zero attached hydrogens (tertiary/aromatic N) is 1. The highest BCUT2D eigenvalue weighted by Gasteiger charge is 2.25. The third-order valence-electron chi connectivity index (χ3n) is 5.06. The maximum Gasteiger partial charge on any atom is 0.342 e. The number of ether oxygens (including phenoxy) is 1. The third kappa shape index (κ3) is 5.66. The Morgan fingerprint density at radius 2 is 1.78 bits per heavy atom. The van der Waals surface area contributed by atoms with Gasteiger partial charge >= 0.3 is 5.97 Å². The molecule has 174 valence electrons. The summed E-state index contributed by atoms with van der Waals surface area (Å²) in [6, 6.07) is 9.09. The average molecular weight is 463 g/mol. The fourth-order valence-electron chi connectivity index (χ4n) is 3.28. The average Bonchev–Trinajstić information content (AvgIpc) is 2.74. The van der Waals surface area contributed by atoms with E-state index in [2.05, 4.69) is 5.32 Å². The van der Waals surface area contributed by atoms with Gasteiger partial charge in [-0.15, -0.1) is 0 Å². The number of carbonyl (C=O) groups is 2. The van der Waals surface area contributed by atoms with Crippen LogP contribution >= 0.6 is 0 Å². The molecule has 0 bridgehead atoms. The lowest BCUT2D eigenvalue weighted by molar-refractivity contribution is -0.119. The normalized spacial score (nSPS) is 11.6. The Labute approximate surface area is 189 Å². The zero-order valence-corrected chi connectivity index (χ0v) is 19.8. The minimum absolute atomic E-state index is 0.142. The number of phenols is 1. The first kappa shape index (κ1) is 25.4. The molecular weight excluding hydrogens is 432 g/mol. The molecule has 2 aromatic carbocycles. The van der Waals surface area contributed by atoms with Crippen molar-refractivity contribution in [3.05, 3.63) is 53.1 Å². The zero-order valence-electron chi connectivity index (χ0n) is 19.0. The molecule has 0 aliphatic heterocycles. The number of sulfonamides is 1. The Morgan fingerprint density at radius 1 is 1.12 bits per heavy atom. The van der Waals surface area contributed by atoms with Crippen molar-refractivity contribution in [1.29, 1.82) is 0 Å². The molecule has 0 aromatic heterocycles. The maximum absolute atomic E-state index is 12.7. The van der Waals surface area contributed by atoms with E-state index in [0.29, 0.717) is 5.69 Å². The molecule has 0 fully saturated rings. The number of hydrogen-bond acceptors (Lipinski definition) is 6. The van der Waals surface area contributed by atoms with E-state index in [1.54, 1.807) is 13.8 Å². The lowest BCUT2D eigenvalue weighted by Gasteiger charge is -2.19. The number of phenolic OH excluding ortho intramolecular Hbond substituents is 1. The topological polar surface area (TPSA) is 113 Å². The van der Waals surface area contributed by atoms with Gasteiger partial charge in [0, 0.05) is 18.8 Å². The SMILES string of the molecule is CCN(CC)S(=O)(=O)c1ccc(O)c(C(=O)OCC(=O)Nc2c(C)cccc2C(C)C)c1. The first-order valence-corrected chi connectivity index (χ1v) is 11.9. The number of carbonyl (C=O) groups excluding carboxylic acids is 2. The fraction of sp³-hybridized carbons (Fsp3) is 0.391. The number of para-hydroxylation sites is 1. The monoisotopic (exact) mass is 462 g/mol. The van der Waals surface area contributed by atoms with Gasteiger partial charge < -0.3 is 15.2 Å². The minimum atomic E-state index is -3.83. The van der Waals surface area contributed by atoms with Gasteiger partial charge in [0.2, 0.25) is 10.0 Å². The first-order valence-electron chi connectivity index (χ1n) is 10.4. The summed E-state index contributed by atoms with van der Waals surface area (Å²) in [6.45, 7) is 9.22. The third-order valence-corrected chi connectivity index (χ3v) is 7.10. The van der Waals surface area contributed by atoms with E-state index in [9.17, 15) is 23.1 Å². The van der Waals surface area contributed by atoms with Gasteiger partial charge in [-0.2, -0.15) is 4.31 Å². The van der Waals surface area contributed by atoms with Crippen molar-refractivity contribution < 1.29 is 27.9 Å². The molecule has 0 saturated heterocycles. The Hall–Kier alpha value is -2.91. The van der Waals surface area contributed by atoms with Crippen molar-refractivity contribution in [3.63, 3.8) is 0 Å². The van der Waals surface area contributed by atoms with Crippen LogP contribution in [0.4, 0.5) is 5.69 Å². The van der Waals surface area contributed by atoms with Crippen LogP contribution in [-0.4, -0.2) is 49.4 Å². The number of nitrogens with one attached hydrogen (secondary N) is 1.